The summed E-state index contributed by atoms with van der Waals surface area (Å²) in [6, 6.07) is 4.94. The Balaban J connectivity index is 0.00000243. The third-order valence-electron chi connectivity index (χ3n) is 5.44. The number of carbonyl (C=O) groups is 2. The lowest BCUT2D eigenvalue weighted by Crippen LogP contribution is -2.42. The van der Waals surface area contributed by atoms with Crippen molar-refractivity contribution in [2.24, 2.45) is 29.4 Å². The molecular weight excluding hydrogens is 373 g/mol. The molecule has 0 heterocycles. The highest BCUT2D eigenvalue weighted by Crippen LogP contribution is 2.47. The first-order valence-electron chi connectivity index (χ1n) is 9.01. The summed E-state index contributed by atoms with van der Waals surface area (Å²) < 4.78 is 0. The molecule has 3 rings (SSSR count). The van der Waals surface area contributed by atoms with Gasteiger partial charge >= 0.3 is 0 Å². The second kappa shape index (κ2) is 8.59. The quantitative estimate of drug-likeness (QED) is 0.708. The second-order valence-electron chi connectivity index (χ2n) is 7.72. The molecule has 0 aliphatic heterocycles. The average Bonchev–Trinajstić information content (AvgIpc) is 3.13. The summed E-state index contributed by atoms with van der Waals surface area (Å²) >= 11 is 6.24. The van der Waals surface area contributed by atoms with Gasteiger partial charge in [0.25, 0.3) is 5.91 Å². The summed E-state index contributed by atoms with van der Waals surface area (Å²) in [6.07, 6.45) is 3.29. The Morgan fingerprint density at radius 3 is 2.54 bits per heavy atom. The Morgan fingerprint density at radius 1 is 1.27 bits per heavy atom. The molecule has 4 N–H and O–H groups in total. The molecular formula is C19H27Cl2N3O2. The number of rotatable bonds is 5. The van der Waals surface area contributed by atoms with Crippen LogP contribution in [-0.4, -0.2) is 24.4 Å². The summed E-state index contributed by atoms with van der Waals surface area (Å²) in [7, 11) is 0. The van der Waals surface area contributed by atoms with E-state index < -0.39 is 0 Å². The summed E-state index contributed by atoms with van der Waals surface area (Å²) in [5.74, 6) is 0.895. The van der Waals surface area contributed by atoms with Gasteiger partial charge in [0.2, 0.25) is 5.91 Å². The maximum absolute atomic E-state index is 12.6. The monoisotopic (exact) mass is 399 g/mol. The van der Waals surface area contributed by atoms with Crippen LogP contribution in [0.15, 0.2) is 18.2 Å². The van der Waals surface area contributed by atoms with Gasteiger partial charge in [-0.25, -0.2) is 0 Å². The first kappa shape index (κ1) is 21.0. The predicted octanol–water partition coefficient (Wildman–Crippen LogP) is 3.46. The molecule has 2 aliphatic rings. The Labute approximate surface area is 165 Å². The van der Waals surface area contributed by atoms with Gasteiger partial charge < -0.3 is 16.4 Å². The van der Waals surface area contributed by atoms with E-state index >= 15 is 0 Å². The fourth-order valence-corrected chi connectivity index (χ4v) is 4.39. The molecule has 4 unspecified atom stereocenters. The van der Waals surface area contributed by atoms with Crippen molar-refractivity contribution in [1.29, 1.82) is 0 Å². The number of carbonyl (C=O) groups excluding carboxylic acids is 2. The van der Waals surface area contributed by atoms with Crippen molar-refractivity contribution >= 4 is 41.5 Å². The van der Waals surface area contributed by atoms with Crippen LogP contribution in [0.5, 0.6) is 0 Å². The van der Waals surface area contributed by atoms with Crippen molar-refractivity contribution in [2.75, 3.05) is 11.9 Å². The summed E-state index contributed by atoms with van der Waals surface area (Å²) in [5.41, 5.74) is 7.25. The molecule has 2 saturated carbocycles. The van der Waals surface area contributed by atoms with Gasteiger partial charge in [0.05, 0.1) is 16.5 Å². The van der Waals surface area contributed by atoms with Gasteiger partial charge in [0.15, 0.2) is 0 Å². The molecule has 7 heteroatoms. The summed E-state index contributed by atoms with van der Waals surface area (Å²) in [4.78, 5) is 24.8. The molecule has 0 radical (unpaired) electrons. The highest BCUT2D eigenvalue weighted by atomic mass is 35.5. The largest absolute Gasteiger partial charge is 0.352 e. The van der Waals surface area contributed by atoms with Gasteiger partial charge in [-0.05, 0) is 55.2 Å². The van der Waals surface area contributed by atoms with Crippen LogP contribution in [-0.2, 0) is 4.79 Å². The number of hydrogen-bond donors (Lipinski definition) is 3. The molecule has 4 atom stereocenters. The van der Waals surface area contributed by atoms with Crippen molar-refractivity contribution in [3.63, 3.8) is 0 Å². The van der Waals surface area contributed by atoms with Crippen molar-refractivity contribution in [3.8, 4) is 0 Å². The van der Waals surface area contributed by atoms with Crippen LogP contribution in [0, 0.1) is 23.7 Å². The maximum atomic E-state index is 12.6. The molecule has 2 amide bonds. The van der Waals surface area contributed by atoms with Crippen molar-refractivity contribution in [1.82, 2.24) is 5.32 Å². The molecule has 26 heavy (non-hydrogen) atoms. The molecule has 5 nitrogen and oxygen atoms in total. The smallest absolute Gasteiger partial charge is 0.252 e. The Hall–Kier alpha value is -1.30. The molecule has 1 aromatic rings. The number of amides is 2. The van der Waals surface area contributed by atoms with Crippen molar-refractivity contribution in [3.05, 3.63) is 28.8 Å². The van der Waals surface area contributed by atoms with Crippen LogP contribution in [0.3, 0.4) is 0 Å². The van der Waals surface area contributed by atoms with Crippen molar-refractivity contribution < 1.29 is 9.59 Å². The van der Waals surface area contributed by atoms with Crippen LogP contribution < -0.4 is 16.4 Å². The van der Waals surface area contributed by atoms with Crippen LogP contribution in [0.4, 0.5) is 5.69 Å². The van der Waals surface area contributed by atoms with E-state index in [1.807, 2.05) is 13.8 Å². The Kier molecular flexibility index (Phi) is 6.94. The number of halogens is 2. The molecule has 0 aromatic heterocycles. The van der Waals surface area contributed by atoms with Gasteiger partial charge in [-0.15, -0.1) is 12.4 Å². The average molecular weight is 400 g/mol. The lowest BCUT2D eigenvalue weighted by Gasteiger charge is -2.27. The lowest BCUT2D eigenvalue weighted by atomic mass is 9.84. The van der Waals surface area contributed by atoms with E-state index in [9.17, 15) is 9.59 Å². The van der Waals surface area contributed by atoms with E-state index in [0.717, 1.165) is 19.3 Å². The van der Waals surface area contributed by atoms with Gasteiger partial charge in [-0.3, -0.25) is 9.59 Å². The third kappa shape index (κ3) is 4.33. The molecule has 0 saturated heterocycles. The molecule has 144 valence electrons. The van der Waals surface area contributed by atoms with Crippen LogP contribution in [0.25, 0.3) is 0 Å². The summed E-state index contributed by atoms with van der Waals surface area (Å²) in [6.45, 7) is 4.65. The SMILES string of the molecule is CC(C)CNC(=O)c1ccc(NC(=O)C2C3CCC(C3)C2N)cc1Cl.Cl. The number of hydrogen-bond acceptors (Lipinski definition) is 3. The predicted molar refractivity (Wildman–Crippen MR) is 107 cm³/mol. The molecule has 2 aliphatic carbocycles. The zero-order chi connectivity index (χ0) is 18.1. The first-order chi connectivity index (χ1) is 11.9. The fourth-order valence-electron chi connectivity index (χ4n) is 4.12. The zero-order valence-electron chi connectivity index (χ0n) is 15.1. The van der Waals surface area contributed by atoms with E-state index in [0.29, 0.717) is 40.6 Å². The minimum atomic E-state index is -0.202. The Morgan fingerprint density at radius 2 is 1.96 bits per heavy atom. The number of nitrogens with two attached hydrogens (primary N) is 1. The highest BCUT2D eigenvalue weighted by molar-refractivity contribution is 6.34. The van der Waals surface area contributed by atoms with Gasteiger partial charge in [0.1, 0.15) is 0 Å². The van der Waals surface area contributed by atoms with E-state index in [4.69, 9.17) is 17.3 Å². The standard InChI is InChI=1S/C19H26ClN3O2.ClH/c1-10(2)9-22-18(24)14-6-5-13(8-15(14)20)23-19(25)16-11-3-4-12(7-11)17(16)21;/h5-6,8,10-12,16-17H,3-4,7,9,21H2,1-2H3,(H,22,24)(H,23,25);1H. The number of nitrogens with one attached hydrogen (secondary N) is 2. The number of anilines is 1. The van der Waals surface area contributed by atoms with Gasteiger partial charge in [-0.1, -0.05) is 25.4 Å². The van der Waals surface area contributed by atoms with E-state index in [-0.39, 0.29) is 36.2 Å². The van der Waals surface area contributed by atoms with Crippen molar-refractivity contribution in [2.45, 2.75) is 39.2 Å². The minimum Gasteiger partial charge on any atom is -0.352 e. The molecule has 1 aromatic carbocycles. The first-order valence-corrected chi connectivity index (χ1v) is 9.38. The molecule has 2 fully saturated rings. The number of fused-ring (bicyclic) bond motifs is 2. The van der Waals surface area contributed by atoms with Crippen LogP contribution in [0.2, 0.25) is 5.02 Å². The zero-order valence-corrected chi connectivity index (χ0v) is 16.7. The second-order valence-corrected chi connectivity index (χ2v) is 8.13. The normalized spacial score (nSPS) is 26.5. The topological polar surface area (TPSA) is 84.2 Å². The van der Waals surface area contributed by atoms with Crippen LogP contribution in [0.1, 0.15) is 43.5 Å². The molecule has 0 spiro atoms. The summed E-state index contributed by atoms with van der Waals surface area (Å²) in [5, 5.41) is 6.09. The third-order valence-corrected chi connectivity index (χ3v) is 5.75. The van der Waals surface area contributed by atoms with Crippen LogP contribution >= 0.6 is 24.0 Å². The maximum Gasteiger partial charge on any atom is 0.252 e. The van der Waals surface area contributed by atoms with Gasteiger partial charge in [0, 0.05) is 18.3 Å². The van der Waals surface area contributed by atoms with Gasteiger partial charge in [-0.2, -0.15) is 0 Å². The van der Waals surface area contributed by atoms with E-state index in [1.54, 1.807) is 18.2 Å². The Bertz CT molecular complexity index is 679. The molecule has 2 bridgehead atoms. The fraction of sp³-hybridized carbons (Fsp3) is 0.579. The lowest BCUT2D eigenvalue weighted by molar-refractivity contribution is -0.121. The van der Waals surface area contributed by atoms with E-state index in [2.05, 4.69) is 10.6 Å². The van der Waals surface area contributed by atoms with E-state index in [1.165, 1.54) is 0 Å². The number of benzene rings is 1. The minimum absolute atomic E-state index is 0. The highest BCUT2D eigenvalue weighted by Gasteiger charge is 2.49.